The van der Waals surface area contributed by atoms with E-state index in [0.717, 1.165) is 17.8 Å². The summed E-state index contributed by atoms with van der Waals surface area (Å²) >= 11 is 0. The van der Waals surface area contributed by atoms with E-state index in [1.165, 1.54) is 5.56 Å². The summed E-state index contributed by atoms with van der Waals surface area (Å²) in [4.78, 5) is 2.33. The summed E-state index contributed by atoms with van der Waals surface area (Å²) in [6.07, 6.45) is -0.455. The van der Waals surface area contributed by atoms with Crippen LogP contribution >= 0.6 is 0 Å². The highest BCUT2D eigenvalue weighted by molar-refractivity contribution is 5.55. The van der Waals surface area contributed by atoms with Gasteiger partial charge in [-0.05, 0) is 32.4 Å². The summed E-state index contributed by atoms with van der Waals surface area (Å²) in [6, 6.07) is 18.9. The molecule has 0 saturated carbocycles. The highest BCUT2D eigenvalue weighted by Crippen LogP contribution is 2.28. The number of aliphatic hydroxyl groups is 1. The van der Waals surface area contributed by atoms with Crippen LogP contribution in [0.1, 0.15) is 38.0 Å². The first kappa shape index (κ1) is 14.6. The Morgan fingerprint density at radius 1 is 0.900 bits per heavy atom. The molecule has 1 unspecified atom stereocenters. The van der Waals surface area contributed by atoms with Crippen LogP contribution in [0.3, 0.4) is 0 Å². The van der Waals surface area contributed by atoms with Gasteiger partial charge in [0.1, 0.15) is 0 Å². The van der Waals surface area contributed by atoms with E-state index >= 15 is 0 Å². The minimum Gasteiger partial charge on any atom is -0.389 e. The third-order valence-corrected chi connectivity index (χ3v) is 3.52. The van der Waals surface area contributed by atoms with Gasteiger partial charge in [-0.3, -0.25) is 0 Å². The molecule has 2 aromatic carbocycles. The van der Waals surface area contributed by atoms with E-state index in [1.54, 1.807) is 0 Å². The van der Waals surface area contributed by atoms with Crippen LogP contribution in [-0.4, -0.2) is 11.1 Å². The first-order valence-electron chi connectivity index (χ1n) is 7.17. The van der Waals surface area contributed by atoms with Crippen LogP contribution in [0.5, 0.6) is 0 Å². The summed E-state index contributed by atoms with van der Waals surface area (Å²) in [5, 5.41) is 9.97. The Morgan fingerprint density at radius 2 is 1.50 bits per heavy atom. The molecule has 1 N–H and O–H groups in total. The Labute approximate surface area is 121 Å². The fraction of sp³-hybridized carbons (Fsp3) is 0.333. The summed E-state index contributed by atoms with van der Waals surface area (Å²) in [5.41, 5.74) is 3.38. The molecule has 2 heteroatoms. The van der Waals surface area contributed by atoms with Crippen molar-refractivity contribution in [3.8, 4) is 0 Å². The van der Waals surface area contributed by atoms with Gasteiger partial charge in [-0.2, -0.15) is 0 Å². The van der Waals surface area contributed by atoms with Crippen LogP contribution in [-0.2, 0) is 6.54 Å². The SMILES string of the molecule is CC(O)c1ccccc1N(Cc1ccccc1)C(C)C. The third kappa shape index (κ3) is 3.40. The molecule has 2 nitrogen and oxygen atoms in total. The number of aliphatic hydroxyl groups excluding tert-OH is 1. The van der Waals surface area contributed by atoms with Gasteiger partial charge >= 0.3 is 0 Å². The van der Waals surface area contributed by atoms with E-state index in [2.05, 4.69) is 49.1 Å². The van der Waals surface area contributed by atoms with Gasteiger partial charge in [0, 0.05) is 23.8 Å². The highest BCUT2D eigenvalue weighted by atomic mass is 16.3. The van der Waals surface area contributed by atoms with E-state index in [9.17, 15) is 5.11 Å². The molecule has 0 spiro atoms. The number of para-hydroxylation sites is 1. The summed E-state index contributed by atoms with van der Waals surface area (Å²) in [5.74, 6) is 0. The Bertz CT molecular complexity index is 534. The van der Waals surface area contributed by atoms with Gasteiger partial charge in [-0.15, -0.1) is 0 Å². The normalized spacial score (nSPS) is 12.4. The standard InChI is InChI=1S/C18H23NO/c1-14(2)19(13-16-9-5-4-6-10-16)18-12-8-7-11-17(18)15(3)20/h4-12,14-15,20H,13H2,1-3H3. The highest BCUT2D eigenvalue weighted by Gasteiger charge is 2.16. The Kier molecular flexibility index (Phi) is 4.80. The zero-order valence-electron chi connectivity index (χ0n) is 12.5. The average molecular weight is 269 g/mol. The monoisotopic (exact) mass is 269 g/mol. The number of hydrogen-bond acceptors (Lipinski definition) is 2. The molecule has 1 atom stereocenters. The van der Waals surface area contributed by atoms with E-state index in [1.807, 2.05) is 31.2 Å². The maximum atomic E-state index is 9.97. The molecule has 0 amide bonds. The van der Waals surface area contributed by atoms with Gasteiger partial charge < -0.3 is 10.0 Å². The van der Waals surface area contributed by atoms with Gasteiger partial charge in [0.05, 0.1) is 6.10 Å². The first-order chi connectivity index (χ1) is 9.59. The van der Waals surface area contributed by atoms with E-state index in [-0.39, 0.29) is 0 Å². The molecule has 106 valence electrons. The molecule has 2 aromatic rings. The molecule has 0 radical (unpaired) electrons. The third-order valence-electron chi connectivity index (χ3n) is 3.52. The lowest BCUT2D eigenvalue weighted by atomic mass is 10.1. The first-order valence-corrected chi connectivity index (χ1v) is 7.17. The molecule has 0 saturated heterocycles. The lowest BCUT2D eigenvalue weighted by Crippen LogP contribution is -2.31. The van der Waals surface area contributed by atoms with Crippen molar-refractivity contribution >= 4 is 5.69 Å². The van der Waals surface area contributed by atoms with Crippen LogP contribution in [0.2, 0.25) is 0 Å². The molecular weight excluding hydrogens is 246 g/mol. The van der Waals surface area contributed by atoms with Crippen molar-refractivity contribution in [2.75, 3.05) is 4.90 Å². The number of nitrogens with zero attached hydrogens (tertiary/aromatic N) is 1. The molecule has 0 aliphatic rings. The van der Waals surface area contributed by atoms with Crippen LogP contribution in [0, 0.1) is 0 Å². The Morgan fingerprint density at radius 3 is 2.10 bits per heavy atom. The predicted octanol–water partition coefficient (Wildman–Crippen LogP) is 4.15. The Hall–Kier alpha value is -1.80. The van der Waals surface area contributed by atoms with E-state index in [4.69, 9.17) is 0 Å². The zero-order chi connectivity index (χ0) is 14.5. The largest absolute Gasteiger partial charge is 0.389 e. The summed E-state index contributed by atoms with van der Waals surface area (Å²) in [7, 11) is 0. The minimum absolute atomic E-state index is 0.370. The van der Waals surface area contributed by atoms with Crippen LogP contribution < -0.4 is 4.90 Å². The van der Waals surface area contributed by atoms with Gasteiger partial charge in [-0.1, -0.05) is 48.5 Å². The van der Waals surface area contributed by atoms with Crippen molar-refractivity contribution in [3.63, 3.8) is 0 Å². The van der Waals surface area contributed by atoms with Crippen molar-refractivity contribution in [1.29, 1.82) is 0 Å². The molecule has 0 aliphatic heterocycles. The van der Waals surface area contributed by atoms with E-state index < -0.39 is 6.10 Å². The van der Waals surface area contributed by atoms with Gasteiger partial charge in [0.25, 0.3) is 0 Å². The van der Waals surface area contributed by atoms with Crippen LogP contribution in [0.15, 0.2) is 54.6 Å². The van der Waals surface area contributed by atoms with Crippen molar-refractivity contribution in [3.05, 3.63) is 65.7 Å². The zero-order valence-corrected chi connectivity index (χ0v) is 12.5. The summed E-state index contributed by atoms with van der Waals surface area (Å²) in [6.45, 7) is 7.03. The lowest BCUT2D eigenvalue weighted by Gasteiger charge is -2.31. The second kappa shape index (κ2) is 6.58. The predicted molar refractivity (Wildman–Crippen MR) is 84.8 cm³/mol. The molecule has 0 heterocycles. The van der Waals surface area contributed by atoms with Crippen molar-refractivity contribution < 1.29 is 5.11 Å². The molecule has 0 aromatic heterocycles. The molecule has 0 fully saturated rings. The maximum absolute atomic E-state index is 9.97. The molecule has 20 heavy (non-hydrogen) atoms. The number of rotatable bonds is 5. The number of hydrogen-bond donors (Lipinski definition) is 1. The van der Waals surface area contributed by atoms with E-state index in [0.29, 0.717) is 6.04 Å². The second-order valence-corrected chi connectivity index (χ2v) is 5.44. The van der Waals surface area contributed by atoms with Crippen LogP contribution in [0.25, 0.3) is 0 Å². The molecular formula is C18H23NO. The second-order valence-electron chi connectivity index (χ2n) is 5.44. The smallest absolute Gasteiger partial charge is 0.0781 e. The molecule has 2 rings (SSSR count). The van der Waals surface area contributed by atoms with Crippen molar-refractivity contribution in [1.82, 2.24) is 0 Å². The van der Waals surface area contributed by atoms with Gasteiger partial charge in [0.2, 0.25) is 0 Å². The van der Waals surface area contributed by atoms with Crippen LogP contribution in [0.4, 0.5) is 5.69 Å². The lowest BCUT2D eigenvalue weighted by molar-refractivity contribution is 0.199. The quantitative estimate of drug-likeness (QED) is 0.881. The topological polar surface area (TPSA) is 23.5 Å². The Balaban J connectivity index is 2.34. The molecule has 0 aliphatic carbocycles. The van der Waals surface area contributed by atoms with Gasteiger partial charge in [-0.25, -0.2) is 0 Å². The van der Waals surface area contributed by atoms with Crippen molar-refractivity contribution in [2.45, 2.75) is 39.5 Å². The van der Waals surface area contributed by atoms with Gasteiger partial charge in [0.15, 0.2) is 0 Å². The number of anilines is 1. The van der Waals surface area contributed by atoms with Crippen molar-refractivity contribution in [2.24, 2.45) is 0 Å². The number of benzene rings is 2. The minimum atomic E-state index is -0.455. The average Bonchev–Trinajstić information content (AvgIpc) is 2.45. The summed E-state index contributed by atoms with van der Waals surface area (Å²) < 4.78 is 0. The maximum Gasteiger partial charge on any atom is 0.0781 e. The fourth-order valence-corrected chi connectivity index (χ4v) is 2.43. The molecule has 0 bridgehead atoms. The fourth-order valence-electron chi connectivity index (χ4n) is 2.43.